The molecular formula is C16H26O2. The van der Waals surface area contributed by atoms with Gasteiger partial charge in [-0.2, -0.15) is 0 Å². The van der Waals surface area contributed by atoms with E-state index in [0.29, 0.717) is 12.0 Å². The molecule has 2 nitrogen and oxygen atoms in total. The number of aliphatic hydroxyl groups is 1. The number of hydrogen-bond acceptors (Lipinski definition) is 2. The van der Waals surface area contributed by atoms with Crippen molar-refractivity contribution in [2.24, 2.45) is 0 Å². The van der Waals surface area contributed by atoms with Gasteiger partial charge in [-0.05, 0) is 30.5 Å². The monoisotopic (exact) mass is 254 g/mol. The van der Waals surface area contributed by atoms with E-state index < -0.39 is 0 Å². The van der Waals surface area contributed by atoms with Gasteiger partial charge in [-0.1, -0.05) is 51.1 Å². The Bertz CT molecular complexity index is 449. The lowest BCUT2D eigenvalue weighted by Gasteiger charge is -2.06. The molecule has 0 spiro atoms. The van der Waals surface area contributed by atoms with Crippen molar-refractivity contribution in [1.29, 1.82) is 0 Å². The molecule has 1 aromatic rings. The number of aliphatic hydroxyl groups excluding tert-OH is 1. The first-order valence-corrected chi connectivity index (χ1v) is 6.87. The van der Waals surface area contributed by atoms with Gasteiger partial charge in [0.2, 0.25) is 0 Å². The summed E-state index contributed by atoms with van der Waals surface area (Å²) >= 11 is 0. The Morgan fingerprint density at radius 3 is 2.39 bits per heavy atom. The van der Waals surface area contributed by atoms with Gasteiger partial charge >= 0.3 is 0 Å². The summed E-state index contributed by atoms with van der Waals surface area (Å²) in [6.45, 7) is 1.91. The molecule has 0 aliphatic heterocycles. The predicted octanol–water partition coefficient (Wildman–Crippen LogP) is 3.96. The highest BCUT2D eigenvalue weighted by molar-refractivity contribution is 5.27. The Kier molecular flexibility index (Phi) is 5.45. The van der Waals surface area contributed by atoms with Crippen LogP contribution in [0.2, 0.25) is 0 Å². The molecule has 18 heavy (non-hydrogen) atoms. The number of benzene rings is 1. The average molecular weight is 254 g/mol. The second-order valence-electron chi connectivity index (χ2n) is 4.40. The fraction of sp³-hybridized carbons (Fsp3) is 0.625. The van der Waals surface area contributed by atoms with Crippen molar-refractivity contribution in [3.05, 3.63) is 29.7 Å². The third kappa shape index (κ3) is 6.65. The molecule has 1 N–H and O–H groups in total. The van der Waals surface area contributed by atoms with Crippen LogP contribution in [0.4, 0.5) is 0 Å². The summed E-state index contributed by atoms with van der Waals surface area (Å²) in [6, 6.07) is -0.365. The standard InChI is InChI=1S/C16H26O2/c1-2-3-4-5-6-7-8-15-9-11-16(12-10-15)18-14-13-17/h9-12,17H,2-8,13-14H2,1H3/i9D,10D,11D,12D. The number of ether oxygens (including phenoxy) is 1. The molecule has 0 saturated carbocycles. The van der Waals surface area contributed by atoms with Crippen LogP contribution in [0, 0.1) is 0 Å². The molecule has 1 rings (SSSR count). The molecular weight excluding hydrogens is 224 g/mol. The van der Waals surface area contributed by atoms with Crippen LogP contribution in [0.5, 0.6) is 5.75 Å². The van der Waals surface area contributed by atoms with E-state index in [4.69, 9.17) is 15.3 Å². The molecule has 0 aliphatic rings. The predicted molar refractivity (Wildman–Crippen MR) is 76.1 cm³/mol. The maximum atomic E-state index is 8.77. The van der Waals surface area contributed by atoms with Crippen molar-refractivity contribution in [1.82, 2.24) is 0 Å². The highest BCUT2D eigenvalue weighted by Gasteiger charge is 1.96. The summed E-state index contributed by atoms with van der Waals surface area (Å²) in [6.07, 6.45) is 7.26. The summed E-state index contributed by atoms with van der Waals surface area (Å²) in [5.41, 5.74) is 0.460. The van der Waals surface area contributed by atoms with Crippen LogP contribution in [-0.2, 0) is 6.42 Å². The van der Waals surface area contributed by atoms with E-state index in [1.807, 2.05) is 0 Å². The van der Waals surface area contributed by atoms with E-state index in [9.17, 15) is 0 Å². The highest BCUT2D eigenvalue weighted by Crippen LogP contribution is 2.14. The average Bonchev–Trinajstić information content (AvgIpc) is 2.51. The lowest BCUT2D eigenvalue weighted by molar-refractivity contribution is 0.201. The van der Waals surface area contributed by atoms with Gasteiger partial charge in [-0.3, -0.25) is 0 Å². The van der Waals surface area contributed by atoms with Crippen LogP contribution in [0.15, 0.2) is 24.2 Å². The van der Waals surface area contributed by atoms with Gasteiger partial charge in [0.1, 0.15) is 12.4 Å². The summed E-state index contributed by atoms with van der Waals surface area (Å²) in [4.78, 5) is 0. The molecule has 0 saturated heterocycles. The van der Waals surface area contributed by atoms with E-state index in [1.54, 1.807) is 0 Å². The number of rotatable bonds is 10. The first-order chi connectivity index (χ1) is 10.5. The molecule has 0 aromatic heterocycles. The molecule has 0 atom stereocenters. The van der Waals surface area contributed by atoms with Crippen LogP contribution >= 0.6 is 0 Å². The van der Waals surface area contributed by atoms with Crippen LogP contribution in [0.25, 0.3) is 0 Å². The third-order valence-electron chi connectivity index (χ3n) is 2.77. The van der Waals surface area contributed by atoms with Gasteiger partial charge in [0.15, 0.2) is 0 Å². The van der Waals surface area contributed by atoms with Crippen LogP contribution in [0.3, 0.4) is 0 Å². The minimum absolute atomic E-state index is 0.0255. The van der Waals surface area contributed by atoms with Crippen molar-refractivity contribution in [3.8, 4) is 5.75 Å². The maximum Gasteiger partial charge on any atom is 0.119 e. The van der Waals surface area contributed by atoms with Crippen molar-refractivity contribution in [2.45, 2.75) is 51.9 Å². The zero-order chi connectivity index (χ0) is 16.5. The Hall–Kier alpha value is -1.02. The van der Waals surface area contributed by atoms with Crippen LogP contribution in [-0.4, -0.2) is 18.3 Å². The number of hydrogen-bond donors (Lipinski definition) is 1. The molecule has 0 fully saturated rings. The van der Waals surface area contributed by atoms with Crippen LogP contribution < -0.4 is 4.74 Å². The summed E-state index contributed by atoms with van der Waals surface area (Å²) in [7, 11) is 0. The zero-order valence-electron chi connectivity index (χ0n) is 15.2. The Morgan fingerprint density at radius 1 is 1.06 bits per heavy atom. The van der Waals surface area contributed by atoms with Crippen molar-refractivity contribution in [3.63, 3.8) is 0 Å². The normalized spacial score (nSPS) is 13.7. The Labute approximate surface area is 117 Å². The SMILES string of the molecule is [2H]c1c([2H])c(OCCO)c([2H])c([2H])c1CCCCCCCC. The summed E-state index contributed by atoms with van der Waals surface area (Å²) in [5.74, 6) is -0.0734. The molecule has 1 aromatic carbocycles. The van der Waals surface area contributed by atoms with Crippen molar-refractivity contribution in [2.75, 3.05) is 13.2 Å². The van der Waals surface area contributed by atoms with Gasteiger partial charge in [-0.25, -0.2) is 0 Å². The van der Waals surface area contributed by atoms with Gasteiger partial charge < -0.3 is 9.84 Å². The Morgan fingerprint density at radius 2 is 1.72 bits per heavy atom. The molecule has 0 radical (unpaired) electrons. The zero-order valence-corrected chi connectivity index (χ0v) is 11.2. The quantitative estimate of drug-likeness (QED) is 0.640. The smallest absolute Gasteiger partial charge is 0.119 e. The maximum absolute atomic E-state index is 8.77. The molecule has 0 aliphatic carbocycles. The lowest BCUT2D eigenvalue weighted by Crippen LogP contribution is -2.01. The minimum Gasteiger partial charge on any atom is -0.491 e. The van der Waals surface area contributed by atoms with E-state index >= 15 is 0 Å². The van der Waals surface area contributed by atoms with Gasteiger partial charge in [0, 0.05) is 0 Å². The third-order valence-corrected chi connectivity index (χ3v) is 2.77. The van der Waals surface area contributed by atoms with Gasteiger partial charge in [0.05, 0.1) is 12.1 Å². The molecule has 2 heteroatoms. The molecule has 0 amide bonds. The van der Waals surface area contributed by atoms with E-state index in [2.05, 4.69) is 6.92 Å². The highest BCUT2D eigenvalue weighted by atomic mass is 16.5. The molecule has 0 heterocycles. The molecule has 102 valence electrons. The largest absolute Gasteiger partial charge is 0.491 e. The number of unbranched alkanes of at least 4 members (excludes halogenated alkanes) is 5. The van der Waals surface area contributed by atoms with Gasteiger partial charge in [-0.15, -0.1) is 0 Å². The van der Waals surface area contributed by atoms with E-state index in [0.717, 1.165) is 19.3 Å². The lowest BCUT2D eigenvalue weighted by atomic mass is 10.0. The second kappa shape index (κ2) is 9.95. The second-order valence-corrected chi connectivity index (χ2v) is 4.40. The summed E-state index contributed by atoms with van der Waals surface area (Å²) in [5, 5.41) is 8.77. The van der Waals surface area contributed by atoms with Crippen LogP contribution in [0.1, 0.15) is 56.5 Å². The first kappa shape index (κ1) is 9.85. The molecule has 0 bridgehead atoms. The fourth-order valence-electron chi connectivity index (χ4n) is 1.75. The van der Waals surface area contributed by atoms with E-state index in [1.165, 1.54) is 19.3 Å². The fourth-order valence-corrected chi connectivity index (χ4v) is 1.75. The summed E-state index contributed by atoms with van der Waals surface area (Å²) < 4.78 is 37.0. The molecule has 0 unspecified atom stereocenters. The van der Waals surface area contributed by atoms with Crippen molar-refractivity contribution < 1.29 is 15.3 Å². The minimum atomic E-state index is -0.223. The van der Waals surface area contributed by atoms with E-state index in [-0.39, 0.29) is 43.1 Å². The Balaban J connectivity index is 2.75. The topological polar surface area (TPSA) is 29.5 Å². The van der Waals surface area contributed by atoms with Crippen molar-refractivity contribution >= 4 is 0 Å². The van der Waals surface area contributed by atoms with Gasteiger partial charge in [0.25, 0.3) is 0 Å². The first-order valence-electron chi connectivity index (χ1n) is 8.87.